The van der Waals surface area contributed by atoms with Gasteiger partial charge >= 0.3 is 6.18 Å². The van der Waals surface area contributed by atoms with Gasteiger partial charge in [0, 0.05) is 5.39 Å². The third-order valence-electron chi connectivity index (χ3n) is 4.16. The first-order valence-corrected chi connectivity index (χ1v) is 8.69. The average molecular weight is 425 g/mol. The van der Waals surface area contributed by atoms with Crippen molar-refractivity contribution in [1.82, 2.24) is 15.0 Å². The second kappa shape index (κ2) is 6.83. The van der Waals surface area contributed by atoms with Crippen LogP contribution in [-0.2, 0) is 6.18 Å². The van der Waals surface area contributed by atoms with E-state index < -0.39 is 11.7 Å². The fourth-order valence-corrected chi connectivity index (χ4v) is 3.28. The van der Waals surface area contributed by atoms with Gasteiger partial charge in [-0.1, -0.05) is 12.1 Å². The molecule has 1 N–H and O–H groups in total. The number of fused-ring (bicyclic) bond motifs is 1. The van der Waals surface area contributed by atoms with Gasteiger partial charge < -0.3 is 5.32 Å². The number of alkyl halides is 3. The van der Waals surface area contributed by atoms with Crippen LogP contribution in [0.15, 0.2) is 35.1 Å². The standard InChI is InChI=1S/C18H16BrF3N4/c1-9-12(5-4-6-14(9)18(20,21)22)10(2)24-17-13-7-16(19)23-8-15(13)25-11(3)26-17/h4-8,10H,1-3H3,(H,24,25,26). The van der Waals surface area contributed by atoms with Gasteiger partial charge in [0.1, 0.15) is 16.2 Å². The largest absolute Gasteiger partial charge is 0.416 e. The molecule has 8 heteroatoms. The van der Waals surface area contributed by atoms with Crippen molar-refractivity contribution in [2.45, 2.75) is 33.0 Å². The van der Waals surface area contributed by atoms with Gasteiger partial charge in [-0.2, -0.15) is 13.2 Å². The molecule has 0 aliphatic rings. The number of halogens is 4. The third kappa shape index (κ3) is 3.65. The van der Waals surface area contributed by atoms with Gasteiger partial charge in [-0.3, -0.25) is 0 Å². The SMILES string of the molecule is Cc1nc(NC(C)c2cccc(C(F)(F)F)c2C)c2cc(Br)ncc2n1. The lowest BCUT2D eigenvalue weighted by atomic mass is 9.97. The van der Waals surface area contributed by atoms with E-state index >= 15 is 0 Å². The minimum atomic E-state index is -4.38. The topological polar surface area (TPSA) is 50.7 Å². The smallest absolute Gasteiger partial charge is 0.363 e. The summed E-state index contributed by atoms with van der Waals surface area (Å²) in [4.78, 5) is 12.9. The minimum Gasteiger partial charge on any atom is -0.363 e. The summed E-state index contributed by atoms with van der Waals surface area (Å²) in [5.74, 6) is 1.11. The van der Waals surface area contributed by atoms with Gasteiger partial charge in [0.15, 0.2) is 0 Å². The first-order chi connectivity index (χ1) is 12.2. The first kappa shape index (κ1) is 18.6. The average Bonchev–Trinajstić information content (AvgIpc) is 2.54. The summed E-state index contributed by atoms with van der Waals surface area (Å²) in [5.41, 5.74) is 0.811. The molecular formula is C18H16BrF3N4. The molecule has 0 saturated heterocycles. The predicted octanol–water partition coefficient (Wildman–Crippen LogP) is 5.60. The number of benzene rings is 1. The Morgan fingerprint density at radius 3 is 2.58 bits per heavy atom. The predicted molar refractivity (Wildman–Crippen MR) is 98.0 cm³/mol. The number of nitrogens with zero attached hydrogens (tertiary/aromatic N) is 3. The summed E-state index contributed by atoms with van der Waals surface area (Å²) in [6, 6.07) is 5.62. The molecule has 0 amide bonds. The molecule has 2 aromatic heterocycles. The maximum Gasteiger partial charge on any atom is 0.416 e. The Balaban J connectivity index is 2.03. The minimum absolute atomic E-state index is 0.206. The molecule has 0 aliphatic heterocycles. The van der Waals surface area contributed by atoms with E-state index in [1.807, 2.05) is 6.92 Å². The fraction of sp³-hybridized carbons (Fsp3) is 0.278. The Kier molecular flexibility index (Phi) is 4.88. The second-order valence-electron chi connectivity index (χ2n) is 6.03. The second-order valence-corrected chi connectivity index (χ2v) is 6.84. The highest BCUT2D eigenvalue weighted by atomic mass is 79.9. The molecular weight excluding hydrogens is 409 g/mol. The van der Waals surface area contributed by atoms with E-state index in [1.165, 1.54) is 13.0 Å². The Hall–Kier alpha value is -2.22. The van der Waals surface area contributed by atoms with Gasteiger partial charge in [0.2, 0.25) is 0 Å². The Bertz CT molecular complexity index is 973. The van der Waals surface area contributed by atoms with E-state index in [-0.39, 0.29) is 11.6 Å². The van der Waals surface area contributed by atoms with Crippen molar-refractivity contribution < 1.29 is 13.2 Å². The zero-order valence-corrected chi connectivity index (χ0v) is 15.9. The van der Waals surface area contributed by atoms with Crippen LogP contribution < -0.4 is 5.32 Å². The molecule has 2 heterocycles. The lowest BCUT2D eigenvalue weighted by Crippen LogP contribution is -2.14. The van der Waals surface area contributed by atoms with Crippen LogP contribution in [0.4, 0.5) is 19.0 Å². The van der Waals surface area contributed by atoms with Crippen LogP contribution in [0, 0.1) is 13.8 Å². The summed E-state index contributed by atoms with van der Waals surface area (Å²) in [5, 5.41) is 3.97. The van der Waals surface area contributed by atoms with Crippen LogP contribution in [0.2, 0.25) is 0 Å². The van der Waals surface area contributed by atoms with E-state index in [4.69, 9.17) is 0 Å². The molecule has 3 aromatic rings. The number of pyridine rings is 1. The Labute approximate surface area is 157 Å². The maximum atomic E-state index is 13.2. The Morgan fingerprint density at radius 2 is 1.88 bits per heavy atom. The van der Waals surface area contributed by atoms with E-state index in [2.05, 4.69) is 36.2 Å². The Morgan fingerprint density at radius 1 is 1.15 bits per heavy atom. The summed E-state index contributed by atoms with van der Waals surface area (Å²) in [6.45, 7) is 5.05. The molecule has 0 saturated carbocycles. The van der Waals surface area contributed by atoms with Crippen molar-refractivity contribution in [2.75, 3.05) is 5.32 Å². The summed E-state index contributed by atoms with van der Waals surface area (Å²) >= 11 is 3.32. The van der Waals surface area contributed by atoms with E-state index in [9.17, 15) is 13.2 Å². The van der Waals surface area contributed by atoms with Gasteiger partial charge in [-0.15, -0.1) is 0 Å². The van der Waals surface area contributed by atoms with E-state index in [0.29, 0.717) is 27.3 Å². The number of rotatable bonds is 3. The van der Waals surface area contributed by atoms with E-state index in [0.717, 1.165) is 11.5 Å². The van der Waals surface area contributed by atoms with Crippen molar-refractivity contribution in [3.63, 3.8) is 0 Å². The normalized spacial score (nSPS) is 13.0. The highest BCUT2D eigenvalue weighted by Crippen LogP contribution is 2.35. The summed E-state index contributed by atoms with van der Waals surface area (Å²) in [6.07, 6.45) is -2.76. The lowest BCUT2D eigenvalue weighted by Gasteiger charge is -2.21. The van der Waals surface area contributed by atoms with Crippen LogP contribution >= 0.6 is 15.9 Å². The lowest BCUT2D eigenvalue weighted by molar-refractivity contribution is -0.138. The molecule has 1 unspecified atom stereocenters. The highest BCUT2D eigenvalue weighted by Gasteiger charge is 2.33. The van der Waals surface area contributed by atoms with Crippen LogP contribution in [-0.4, -0.2) is 15.0 Å². The maximum absolute atomic E-state index is 13.2. The number of hydrogen-bond acceptors (Lipinski definition) is 4. The van der Waals surface area contributed by atoms with Gasteiger partial charge in [-0.05, 0) is 60.0 Å². The van der Waals surface area contributed by atoms with Gasteiger partial charge in [-0.25, -0.2) is 15.0 Å². The number of aromatic nitrogens is 3. The van der Waals surface area contributed by atoms with Crippen molar-refractivity contribution in [1.29, 1.82) is 0 Å². The molecule has 3 rings (SSSR count). The molecule has 136 valence electrons. The number of aryl methyl sites for hydroxylation is 1. The molecule has 4 nitrogen and oxygen atoms in total. The molecule has 0 aliphatic carbocycles. The van der Waals surface area contributed by atoms with Crippen LogP contribution in [0.1, 0.15) is 35.5 Å². The van der Waals surface area contributed by atoms with Crippen LogP contribution in [0.5, 0.6) is 0 Å². The van der Waals surface area contributed by atoms with Crippen molar-refractivity contribution in [3.8, 4) is 0 Å². The van der Waals surface area contributed by atoms with E-state index in [1.54, 1.807) is 25.3 Å². The third-order valence-corrected chi connectivity index (χ3v) is 4.60. The van der Waals surface area contributed by atoms with Gasteiger partial charge in [0.05, 0.1) is 23.3 Å². The van der Waals surface area contributed by atoms with Crippen LogP contribution in [0.3, 0.4) is 0 Å². The number of nitrogens with one attached hydrogen (secondary N) is 1. The molecule has 1 atom stereocenters. The monoisotopic (exact) mass is 424 g/mol. The van der Waals surface area contributed by atoms with Crippen molar-refractivity contribution >= 4 is 32.7 Å². The molecule has 0 radical (unpaired) electrons. The number of anilines is 1. The summed E-state index contributed by atoms with van der Waals surface area (Å²) in [7, 11) is 0. The van der Waals surface area contributed by atoms with Crippen molar-refractivity contribution in [2.24, 2.45) is 0 Å². The molecule has 1 aromatic carbocycles. The zero-order chi connectivity index (χ0) is 19.1. The zero-order valence-electron chi connectivity index (χ0n) is 14.3. The van der Waals surface area contributed by atoms with Gasteiger partial charge in [0.25, 0.3) is 0 Å². The van der Waals surface area contributed by atoms with Crippen molar-refractivity contribution in [3.05, 3.63) is 57.6 Å². The molecule has 0 spiro atoms. The summed E-state index contributed by atoms with van der Waals surface area (Å²) < 4.78 is 40.1. The molecule has 0 bridgehead atoms. The highest BCUT2D eigenvalue weighted by molar-refractivity contribution is 9.10. The number of hydrogen-bond donors (Lipinski definition) is 1. The fourth-order valence-electron chi connectivity index (χ4n) is 2.95. The first-order valence-electron chi connectivity index (χ1n) is 7.90. The van der Waals surface area contributed by atoms with Crippen LogP contribution in [0.25, 0.3) is 10.9 Å². The molecule has 26 heavy (non-hydrogen) atoms. The quantitative estimate of drug-likeness (QED) is 0.556. The molecule has 0 fully saturated rings.